The molecule has 0 aliphatic carbocycles. The number of nitrogens with zero attached hydrogens (tertiary/aromatic N) is 2. The Bertz CT molecular complexity index is 567. The van der Waals surface area contributed by atoms with Crippen molar-refractivity contribution in [3.63, 3.8) is 0 Å². The summed E-state index contributed by atoms with van der Waals surface area (Å²) in [5.74, 6) is 0. The molecule has 1 aliphatic heterocycles. The molecule has 3 nitrogen and oxygen atoms in total. The van der Waals surface area contributed by atoms with Gasteiger partial charge in [-0.15, -0.1) is 0 Å². The molecule has 1 aromatic carbocycles. The Hall–Kier alpha value is -1.61. The number of hydrogen-bond acceptors (Lipinski definition) is 2. The van der Waals surface area contributed by atoms with Gasteiger partial charge in [-0.05, 0) is 31.4 Å². The molecule has 3 heteroatoms. The maximum absolute atomic E-state index is 4.25. The zero-order chi connectivity index (χ0) is 13.3. The highest BCUT2D eigenvalue weighted by molar-refractivity contribution is 5.33. The quantitative estimate of drug-likeness (QED) is 0.907. The second-order valence-corrected chi connectivity index (χ2v) is 5.70. The van der Waals surface area contributed by atoms with Crippen molar-refractivity contribution in [2.75, 3.05) is 13.1 Å². The molecule has 0 amide bonds. The first-order valence-electron chi connectivity index (χ1n) is 6.94. The van der Waals surface area contributed by atoms with Gasteiger partial charge in [-0.2, -0.15) is 5.10 Å². The zero-order valence-corrected chi connectivity index (χ0v) is 11.7. The normalized spacial score (nSPS) is 17.2. The van der Waals surface area contributed by atoms with Crippen LogP contribution in [0.1, 0.15) is 23.2 Å². The average molecular weight is 255 g/mol. The lowest BCUT2D eigenvalue weighted by Gasteiger charge is -2.43. The Balaban J connectivity index is 1.78. The first-order chi connectivity index (χ1) is 9.20. The highest BCUT2D eigenvalue weighted by Crippen LogP contribution is 2.33. The standard InChI is InChI=1S/C16H21N3/c1-13-4-3-5-14(10-13)16(11-17-12-16)8-6-15-7-9-18-19(15)2/h3-5,7,9-10,17H,6,8,11-12H2,1-2H3. The minimum atomic E-state index is 0.316. The van der Waals surface area contributed by atoms with E-state index < -0.39 is 0 Å². The highest BCUT2D eigenvalue weighted by Gasteiger charge is 2.38. The molecule has 1 fully saturated rings. The topological polar surface area (TPSA) is 29.9 Å². The summed E-state index contributed by atoms with van der Waals surface area (Å²) in [6, 6.07) is 11.1. The number of hydrogen-bond donors (Lipinski definition) is 1. The zero-order valence-electron chi connectivity index (χ0n) is 11.7. The molecular weight excluding hydrogens is 234 g/mol. The van der Waals surface area contributed by atoms with E-state index in [2.05, 4.69) is 47.7 Å². The minimum absolute atomic E-state index is 0.316. The van der Waals surface area contributed by atoms with Crippen LogP contribution < -0.4 is 5.32 Å². The third-order valence-electron chi connectivity index (χ3n) is 4.34. The van der Waals surface area contributed by atoms with Crippen LogP contribution in [0.15, 0.2) is 36.5 Å². The molecule has 1 N–H and O–H groups in total. The molecule has 2 heterocycles. The maximum Gasteiger partial charge on any atom is 0.0492 e. The molecular formula is C16H21N3. The lowest BCUT2D eigenvalue weighted by Crippen LogP contribution is -2.57. The van der Waals surface area contributed by atoms with E-state index in [4.69, 9.17) is 0 Å². The van der Waals surface area contributed by atoms with Crippen molar-refractivity contribution in [3.05, 3.63) is 53.3 Å². The number of aryl methyl sites for hydroxylation is 3. The molecule has 0 bridgehead atoms. The molecule has 100 valence electrons. The van der Waals surface area contributed by atoms with Gasteiger partial charge in [0.05, 0.1) is 0 Å². The van der Waals surface area contributed by atoms with Gasteiger partial charge < -0.3 is 5.32 Å². The van der Waals surface area contributed by atoms with Crippen LogP contribution in [0.2, 0.25) is 0 Å². The lowest BCUT2D eigenvalue weighted by atomic mass is 9.71. The number of benzene rings is 1. The van der Waals surface area contributed by atoms with Gasteiger partial charge in [0, 0.05) is 37.4 Å². The molecule has 0 radical (unpaired) electrons. The van der Waals surface area contributed by atoms with Crippen LogP contribution in [-0.2, 0) is 18.9 Å². The fraction of sp³-hybridized carbons (Fsp3) is 0.438. The Morgan fingerprint density at radius 2 is 2.16 bits per heavy atom. The van der Waals surface area contributed by atoms with E-state index in [9.17, 15) is 0 Å². The van der Waals surface area contributed by atoms with Crippen LogP contribution in [-0.4, -0.2) is 22.9 Å². The van der Waals surface area contributed by atoms with Crippen molar-refractivity contribution in [1.29, 1.82) is 0 Å². The van der Waals surface area contributed by atoms with Gasteiger partial charge in [-0.1, -0.05) is 29.8 Å². The van der Waals surface area contributed by atoms with Gasteiger partial charge >= 0.3 is 0 Å². The molecule has 19 heavy (non-hydrogen) atoms. The van der Waals surface area contributed by atoms with E-state index in [0.717, 1.165) is 19.5 Å². The van der Waals surface area contributed by atoms with E-state index >= 15 is 0 Å². The summed E-state index contributed by atoms with van der Waals surface area (Å²) in [5.41, 5.74) is 4.47. The van der Waals surface area contributed by atoms with Crippen molar-refractivity contribution in [3.8, 4) is 0 Å². The van der Waals surface area contributed by atoms with E-state index in [1.165, 1.54) is 23.2 Å². The fourth-order valence-electron chi connectivity index (χ4n) is 2.94. The molecule has 2 aromatic rings. The molecule has 1 aliphatic rings. The first-order valence-corrected chi connectivity index (χ1v) is 6.94. The number of aromatic nitrogens is 2. The molecule has 3 rings (SSSR count). The van der Waals surface area contributed by atoms with Gasteiger partial charge in [0.1, 0.15) is 0 Å². The average Bonchev–Trinajstić information content (AvgIpc) is 2.74. The molecule has 0 atom stereocenters. The van der Waals surface area contributed by atoms with Crippen molar-refractivity contribution in [2.24, 2.45) is 7.05 Å². The largest absolute Gasteiger partial charge is 0.315 e. The third kappa shape index (κ3) is 2.30. The van der Waals surface area contributed by atoms with E-state index in [1.54, 1.807) is 0 Å². The lowest BCUT2D eigenvalue weighted by molar-refractivity contribution is 0.256. The van der Waals surface area contributed by atoms with Gasteiger partial charge in [0.25, 0.3) is 0 Å². The van der Waals surface area contributed by atoms with Crippen LogP contribution in [0.25, 0.3) is 0 Å². The van der Waals surface area contributed by atoms with E-state index in [1.807, 2.05) is 17.9 Å². The predicted molar refractivity (Wildman–Crippen MR) is 77.3 cm³/mol. The monoisotopic (exact) mass is 255 g/mol. The van der Waals surface area contributed by atoms with Gasteiger partial charge in [-0.3, -0.25) is 4.68 Å². The van der Waals surface area contributed by atoms with Crippen molar-refractivity contribution >= 4 is 0 Å². The van der Waals surface area contributed by atoms with Gasteiger partial charge in [0.15, 0.2) is 0 Å². The summed E-state index contributed by atoms with van der Waals surface area (Å²) in [5, 5.41) is 7.69. The summed E-state index contributed by atoms with van der Waals surface area (Å²) < 4.78 is 1.98. The summed E-state index contributed by atoms with van der Waals surface area (Å²) in [6.07, 6.45) is 4.16. The van der Waals surface area contributed by atoms with E-state index in [0.29, 0.717) is 5.41 Å². The van der Waals surface area contributed by atoms with E-state index in [-0.39, 0.29) is 0 Å². The van der Waals surface area contributed by atoms with Crippen molar-refractivity contribution in [2.45, 2.75) is 25.2 Å². The fourth-order valence-corrected chi connectivity index (χ4v) is 2.94. The summed E-state index contributed by atoms with van der Waals surface area (Å²) in [7, 11) is 2.02. The third-order valence-corrected chi connectivity index (χ3v) is 4.34. The van der Waals surface area contributed by atoms with Crippen LogP contribution in [0, 0.1) is 6.92 Å². The highest BCUT2D eigenvalue weighted by atomic mass is 15.2. The number of nitrogens with one attached hydrogen (secondary N) is 1. The molecule has 1 aromatic heterocycles. The smallest absolute Gasteiger partial charge is 0.0492 e. The Morgan fingerprint density at radius 3 is 2.74 bits per heavy atom. The maximum atomic E-state index is 4.25. The van der Waals surface area contributed by atoms with Crippen molar-refractivity contribution < 1.29 is 0 Å². The van der Waals surface area contributed by atoms with Crippen LogP contribution in [0.5, 0.6) is 0 Å². The second-order valence-electron chi connectivity index (χ2n) is 5.70. The van der Waals surface area contributed by atoms with Crippen LogP contribution in [0.3, 0.4) is 0 Å². The van der Waals surface area contributed by atoms with Crippen LogP contribution in [0.4, 0.5) is 0 Å². The van der Waals surface area contributed by atoms with Gasteiger partial charge in [0.2, 0.25) is 0 Å². The Labute approximate surface area is 114 Å². The summed E-state index contributed by atoms with van der Waals surface area (Å²) >= 11 is 0. The molecule has 1 saturated heterocycles. The minimum Gasteiger partial charge on any atom is -0.315 e. The molecule has 0 unspecified atom stereocenters. The number of rotatable bonds is 4. The first kappa shape index (κ1) is 12.4. The van der Waals surface area contributed by atoms with Gasteiger partial charge in [-0.25, -0.2) is 0 Å². The van der Waals surface area contributed by atoms with Crippen LogP contribution >= 0.6 is 0 Å². The van der Waals surface area contributed by atoms with Crippen molar-refractivity contribution in [1.82, 2.24) is 15.1 Å². The summed E-state index contributed by atoms with van der Waals surface area (Å²) in [4.78, 5) is 0. The Morgan fingerprint density at radius 1 is 1.32 bits per heavy atom. The Kier molecular flexibility index (Phi) is 3.15. The SMILES string of the molecule is Cc1cccc(C2(CCc3ccnn3C)CNC2)c1. The molecule has 0 spiro atoms. The second kappa shape index (κ2) is 4.82. The molecule has 0 saturated carbocycles. The summed E-state index contributed by atoms with van der Waals surface area (Å²) in [6.45, 7) is 4.35. The predicted octanol–water partition coefficient (Wildman–Crippen LogP) is 2.20.